The molecular weight excluding hydrogens is 364 g/mol. The topological polar surface area (TPSA) is 79.3 Å². The van der Waals surface area contributed by atoms with E-state index in [9.17, 15) is 5.11 Å². The summed E-state index contributed by atoms with van der Waals surface area (Å²) in [6.07, 6.45) is 7.87. The minimum atomic E-state index is -0.0282. The maximum absolute atomic E-state index is 10.3. The number of rotatable bonds is 2. The van der Waals surface area contributed by atoms with Gasteiger partial charge in [0.2, 0.25) is 0 Å². The summed E-state index contributed by atoms with van der Waals surface area (Å²) in [4.78, 5) is 0. The van der Waals surface area contributed by atoms with E-state index in [1.807, 2.05) is 18.3 Å². The normalized spacial score (nSPS) is 22.2. The first-order chi connectivity index (χ1) is 13.2. The van der Waals surface area contributed by atoms with E-state index in [0.717, 1.165) is 33.7 Å². The molecule has 0 amide bonds. The first-order valence-electron chi connectivity index (χ1n) is 8.69. The van der Waals surface area contributed by atoms with Crippen LogP contribution in [0.3, 0.4) is 0 Å². The number of aromatic hydroxyl groups is 1. The molecule has 0 fully saturated rings. The molecule has 2 aliphatic heterocycles. The lowest BCUT2D eigenvalue weighted by molar-refractivity contribution is 0.372. The number of hydrogen-bond acceptors (Lipinski definition) is 6. The average molecular weight is 381 g/mol. The van der Waals surface area contributed by atoms with E-state index >= 15 is 0 Å². The summed E-state index contributed by atoms with van der Waals surface area (Å²) in [6, 6.07) is 5.65. The predicted molar refractivity (Wildman–Crippen MR) is 103 cm³/mol. The largest absolute Gasteiger partial charge is 0.503 e. The van der Waals surface area contributed by atoms with Crippen LogP contribution in [0, 0.1) is 0 Å². The van der Waals surface area contributed by atoms with E-state index < -0.39 is 0 Å². The van der Waals surface area contributed by atoms with Gasteiger partial charge >= 0.3 is 0 Å². The molecule has 3 aliphatic rings. The molecule has 1 aliphatic carbocycles. The summed E-state index contributed by atoms with van der Waals surface area (Å²) in [6.45, 7) is 0.652. The lowest BCUT2D eigenvalue weighted by Gasteiger charge is -2.34. The number of nitrogens with zero attached hydrogens (tertiary/aromatic N) is 2. The van der Waals surface area contributed by atoms with Crippen molar-refractivity contribution in [1.29, 1.82) is 0 Å². The molecule has 136 valence electrons. The molecule has 2 unspecified atom stereocenters. The molecule has 3 N–H and O–H groups in total. The predicted octanol–water partition coefficient (Wildman–Crippen LogP) is 2.82. The van der Waals surface area contributed by atoms with Gasteiger partial charge in [-0.15, -0.1) is 5.10 Å². The number of phenolic OH excluding ortho intramolecular Hbond substituents is 1. The van der Waals surface area contributed by atoms with Crippen molar-refractivity contribution in [1.82, 2.24) is 20.8 Å². The highest BCUT2D eigenvalue weighted by Gasteiger charge is 2.39. The van der Waals surface area contributed by atoms with Crippen LogP contribution < -0.4 is 15.4 Å². The second kappa shape index (κ2) is 6.03. The Morgan fingerprint density at radius 1 is 1.26 bits per heavy atom. The molecule has 0 bridgehead atoms. The number of nitrogens with one attached hydrogen (secondary N) is 2. The lowest BCUT2D eigenvalue weighted by Crippen LogP contribution is -2.41. The maximum atomic E-state index is 10.3. The Balaban J connectivity index is 1.62. The Kier molecular flexibility index (Phi) is 3.62. The summed E-state index contributed by atoms with van der Waals surface area (Å²) >= 11 is 6.48. The number of fused-ring (bicyclic) bond motifs is 2. The number of methoxy groups -OCH3 is 1. The Labute approximate surface area is 161 Å². The number of allylic oxidation sites excluding steroid dienone is 1. The number of hydrogen-bond donors (Lipinski definition) is 3. The minimum Gasteiger partial charge on any atom is -0.503 e. The van der Waals surface area contributed by atoms with E-state index in [4.69, 9.17) is 16.3 Å². The zero-order valence-corrected chi connectivity index (χ0v) is 15.3. The summed E-state index contributed by atoms with van der Waals surface area (Å²) in [5.74, 6) is 0.375. The molecule has 0 saturated heterocycles. The van der Waals surface area contributed by atoms with Crippen LogP contribution >= 0.6 is 11.6 Å². The van der Waals surface area contributed by atoms with Gasteiger partial charge in [-0.05, 0) is 23.3 Å². The standard InChI is InChI=1S/C20H17ClN4O2/c1-27-14-5-4-12(16(21)20(14)26)13-9-23-19-15-11(8-22-18(13)15)3-2-10-6-7-24-25-17(10)19/h2-8,13,18,22-23,26H,9H2,1H3. The van der Waals surface area contributed by atoms with Gasteiger partial charge in [-0.3, -0.25) is 0 Å². The minimum absolute atomic E-state index is 0.0270. The Morgan fingerprint density at radius 2 is 2.15 bits per heavy atom. The fourth-order valence-corrected chi connectivity index (χ4v) is 4.36. The number of aromatic nitrogens is 2. The van der Waals surface area contributed by atoms with Gasteiger partial charge in [0.1, 0.15) is 5.69 Å². The van der Waals surface area contributed by atoms with Gasteiger partial charge < -0.3 is 20.5 Å². The number of ether oxygens (including phenoxy) is 1. The molecule has 0 spiro atoms. The fraction of sp³-hybridized carbons (Fsp3) is 0.200. The van der Waals surface area contributed by atoms with E-state index in [1.54, 1.807) is 12.3 Å². The lowest BCUT2D eigenvalue weighted by atomic mass is 9.82. The van der Waals surface area contributed by atoms with Crippen molar-refractivity contribution in [3.8, 4) is 11.5 Å². The van der Waals surface area contributed by atoms with Gasteiger partial charge in [0.25, 0.3) is 0 Å². The van der Waals surface area contributed by atoms with E-state index in [0.29, 0.717) is 17.3 Å². The smallest absolute Gasteiger partial charge is 0.177 e. The highest BCUT2D eigenvalue weighted by Crippen LogP contribution is 2.45. The average Bonchev–Trinajstić information content (AvgIpc) is 3.05. The van der Waals surface area contributed by atoms with E-state index in [2.05, 4.69) is 33.0 Å². The quantitative estimate of drug-likeness (QED) is 0.743. The first kappa shape index (κ1) is 16.2. The molecule has 6 nitrogen and oxygen atoms in total. The van der Waals surface area contributed by atoms with Gasteiger partial charge in [0, 0.05) is 29.8 Å². The van der Waals surface area contributed by atoms with Gasteiger partial charge in [-0.25, -0.2) is 0 Å². The SMILES string of the molecule is COc1ccc(C2CNC3=C4C(=CNC42)C=Cc2ccnnc23)c(Cl)c1O. The molecule has 3 heterocycles. The second-order valence-corrected chi connectivity index (χ2v) is 7.09. The molecule has 5 rings (SSSR count). The van der Waals surface area contributed by atoms with Crippen molar-refractivity contribution in [2.75, 3.05) is 13.7 Å². The third-order valence-corrected chi connectivity index (χ3v) is 5.77. The third-order valence-electron chi connectivity index (χ3n) is 5.37. The summed E-state index contributed by atoms with van der Waals surface area (Å²) in [5, 5.41) is 26.1. The van der Waals surface area contributed by atoms with Crippen LogP contribution in [0.15, 0.2) is 47.8 Å². The molecule has 1 aromatic carbocycles. The van der Waals surface area contributed by atoms with Gasteiger partial charge in [0.15, 0.2) is 11.5 Å². The maximum Gasteiger partial charge on any atom is 0.177 e. The third kappa shape index (κ3) is 2.33. The van der Waals surface area contributed by atoms with Crippen molar-refractivity contribution >= 4 is 23.4 Å². The fourth-order valence-electron chi connectivity index (χ4n) is 4.06. The molecule has 7 heteroatoms. The number of halogens is 1. The second-order valence-electron chi connectivity index (χ2n) is 6.71. The Bertz CT molecular complexity index is 1040. The molecular formula is C20H17ClN4O2. The highest BCUT2D eigenvalue weighted by atomic mass is 35.5. The van der Waals surface area contributed by atoms with Crippen molar-refractivity contribution in [2.45, 2.75) is 12.0 Å². The van der Waals surface area contributed by atoms with Gasteiger partial charge in [-0.2, -0.15) is 5.10 Å². The highest BCUT2D eigenvalue weighted by molar-refractivity contribution is 6.33. The number of phenols is 1. The first-order valence-corrected chi connectivity index (χ1v) is 9.07. The summed E-state index contributed by atoms with van der Waals surface area (Å²) < 4.78 is 5.16. The van der Waals surface area contributed by atoms with Crippen LogP contribution in [0.5, 0.6) is 11.5 Å². The summed E-state index contributed by atoms with van der Waals surface area (Å²) in [5.41, 5.74) is 6.01. The Hall–Kier alpha value is -2.99. The molecule has 2 atom stereocenters. The van der Waals surface area contributed by atoms with Crippen LogP contribution in [0.2, 0.25) is 5.02 Å². The Morgan fingerprint density at radius 3 is 3.00 bits per heavy atom. The van der Waals surface area contributed by atoms with Crippen LogP contribution in [-0.2, 0) is 0 Å². The van der Waals surface area contributed by atoms with Crippen molar-refractivity contribution in [3.05, 3.63) is 69.7 Å². The van der Waals surface area contributed by atoms with Gasteiger partial charge in [0.05, 0.1) is 30.1 Å². The van der Waals surface area contributed by atoms with Crippen LogP contribution in [0.4, 0.5) is 0 Å². The zero-order chi connectivity index (χ0) is 18.5. The van der Waals surface area contributed by atoms with Crippen molar-refractivity contribution in [2.24, 2.45) is 0 Å². The van der Waals surface area contributed by atoms with E-state index in [1.165, 1.54) is 7.11 Å². The zero-order valence-electron chi connectivity index (χ0n) is 14.5. The van der Waals surface area contributed by atoms with Crippen LogP contribution in [0.25, 0.3) is 11.8 Å². The number of benzene rings is 1. The monoisotopic (exact) mass is 380 g/mol. The van der Waals surface area contributed by atoms with Gasteiger partial charge in [-0.1, -0.05) is 29.8 Å². The molecule has 0 saturated carbocycles. The molecule has 0 radical (unpaired) electrons. The van der Waals surface area contributed by atoms with E-state index in [-0.39, 0.29) is 17.7 Å². The molecule has 27 heavy (non-hydrogen) atoms. The molecule has 2 aromatic rings. The van der Waals surface area contributed by atoms with Crippen molar-refractivity contribution in [3.63, 3.8) is 0 Å². The van der Waals surface area contributed by atoms with Crippen LogP contribution in [0.1, 0.15) is 22.7 Å². The van der Waals surface area contributed by atoms with Crippen molar-refractivity contribution < 1.29 is 9.84 Å². The molecule has 1 aromatic heterocycles. The van der Waals surface area contributed by atoms with Crippen LogP contribution in [-0.4, -0.2) is 35.0 Å². The summed E-state index contributed by atoms with van der Waals surface area (Å²) in [7, 11) is 1.51.